The van der Waals surface area contributed by atoms with Gasteiger partial charge in [-0.15, -0.1) is 0 Å². The van der Waals surface area contributed by atoms with Gasteiger partial charge in [0.05, 0.1) is 11.6 Å². The quantitative estimate of drug-likeness (QED) is 0.702. The summed E-state index contributed by atoms with van der Waals surface area (Å²) >= 11 is 0. The second kappa shape index (κ2) is 8.66. The third-order valence-corrected chi connectivity index (χ3v) is 4.92. The van der Waals surface area contributed by atoms with Crippen molar-refractivity contribution in [2.45, 2.75) is 32.1 Å². The predicted octanol–water partition coefficient (Wildman–Crippen LogP) is 2.95. The van der Waals surface area contributed by atoms with Crippen LogP contribution in [-0.4, -0.2) is 36.0 Å². The lowest BCUT2D eigenvalue weighted by molar-refractivity contribution is -0.137. The highest BCUT2D eigenvalue weighted by Crippen LogP contribution is 2.31. The number of anilines is 1. The molecule has 0 saturated carbocycles. The van der Waals surface area contributed by atoms with Crippen molar-refractivity contribution in [2.24, 2.45) is 5.92 Å². The molecule has 6 nitrogen and oxygen atoms in total. The number of amides is 2. The van der Waals surface area contributed by atoms with Gasteiger partial charge in [-0.05, 0) is 24.3 Å². The van der Waals surface area contributed by atoms with Crippen LogP contribution in [0, 0.1) is 5.92 Å². The Labute approximate surface area is 158 Å². The van der Waals surface area contributed by atoms with Gasteiger partial charge in [-0.25, -0.2) is 0 Å². The summed E-state index contributed by atoms with van der Waals surface area (Å²) in [5.41, 5.74) is 0.849. The second-order valence-electron chi connectivity index (χ2n) is 6.90. The van der Waals surface area contributed by atoms with Crippen LogP contribution in [-0.2, 0) is 14.4 Å². The van der Waals surface area contributed by atoms with E-state index in [-0.39, 0.29) is 30.6 Å². The summed E-state index contributed by atoms with van der Waals surface area (Å²) in [6.45, 7) is 0.898. The SMILES string of the molecule is O=C(O)CCCCCNC(=O)C1CC(=O)N(c2cccc3ccccc23)C1. The minimum Gasteiger partial charge on any atom is -0.481 e. The van der Waals surface area contributed by atoms with Crippen molar-refractivity contribution >= 4 is 34.2 Å². The largest absolute Gasteiger partial charge is 0.481 e. The number of aliphatic carboxylic acids is 1. The van der Waals surface area contributed by atoms with Crippen LogP contribution in [0.15, 0.2) is 42.5 Å². The first-order valence-electron chi connectivity index (χ1n) is 9.34. The molecule has 2 amide bonds. The van der Waals surface area contributed by atoms with Crippen LogP contribution >= 0.6 is 0 Å². The fraction of sp³-hybridized carbons (Fsp3) is 0.381. The maximum atomic E-state index is 12.5. The fourth-order valence-corrected chi connectivity index (χ4v) is 3.49. The Hall–Kier alpha value is -2.89. The summed E-state index contributed by atoms with van der Waals surface area (Å²) in [6, 6.07) is 13.8. The molecule has 2 aromatic rings. The molecule has 1 aliphatic heterocycles. The summed E-state index contributed by atoms with van der Waals surface area (Å²) in [6.07, 6.45) is 2.49. The number of nitrogens with zero attached hydrogens (tertiary/aromatic N) is 1. The van der Waals surface area contributed by atoms with Crippen molar-refractivity contribution in [1.29, 1.82) is 0 Å². The van der Waals surface area contributed by atoms with E-state index in [9.17, 15) is 14.4 Å². The Morgan fingerprint density at radius 1 is 1.07 bits per heavy atom. The third-order valence-electron chi connectivity index (χ3n) is 4.92. The first-order chi connectivity index (χ1) is 13.1. The molecule has 0 aromatic heterocycles. The molecule has 0 aliphatic carbocycles. The van der Waals surface area contributed by atoms with Gasteiger partial charge in [0.25, 0.3) is 0 Å². The minimum absolute atomic E-state index is 0.0343. The molecule has 3 rings (SSSR count). The zero-order valence-electron chi connectivity index (χ0n) is 15.2. The van der Waals surface area contributed by atoms with Gasteiger partial charge in [-0.1, -0.05) is 42.8 Å². The normalized spacial score (nSPS) is 16.7. The van der Waals surface area contributed by atoms with Crippen LogP contribution in [0.2, 0.25) is 0 Å². The van der Waals surface area contributed by atoms with E-state index in [1.54, 1.807) is 4.90 Å². The van der Waals surface area contributed by atoms with Crippen LogP contribution < -0.4 is 10.2 Å². The molecule has 2 aromatic carbocycles. The molecule has 0 radical (unpaired) electrons. The van der Waals surface area contributed by atoms with Crippen molar-refractivity contribution in [3.63, 3.8) is 0 Å². The zero-order chi connectivity index (χ0) is 19.2. The molecular formula is C21H24N2O4. The van der Waals surface area contributed by atoms with Crippen molar-refractivity contribution < 1.29 is 19.5 Å². The molecular weight excluding hydrogens is 344 g/mol. The highest BCUT2D eigenvalue weighted by molar-refractivity contribution is 6.06. The van der Waals surface area contributed by atoms with Crippen LogP contribution in [0.5, 0.6) is 0 Å². The fourth-order valence-electron chi connectivity index (χ4n) is 3.49. The molecule has 1 fully saturated rings. The molecule has 6 heteroatoms. The maximum absolute atomic E-state index is 12.5. The van der Waals surface area contributed by atoms with E-state index in [0.717, 1.165) is 29.3 Å². The molecule has 0 bridgehead atoms. The highest BCUT2D eigenvalue weighted by Gasteiger charge is 2.35. The lowest BCUT2D eigenvalue weighted by Crippen LogP contribution is -2.33. The van der Waals surface area contributed by atoms with Gasteiger partial charge < -0.3 is 15.3 Å². The first kappa shape index (κ1) is 18.9. The average molecular weight is 368 g/mol. The van der Waals surface area contributed by atoms with Gasteiger partial charge in [0.15, 0.2) is 0 Å². The third kappa shape index (κ3) is 4.64. The van der Waals surface area contributed by atoms with Crippen molar-refractivity contribution in [2.75, 3.05) is 18.0 Å². The molecule has 1 atom stereocenters. The van der Waals surface area contributed by atoms with Gasteiger partial charge in [-0.3, -0.25) is 14.4 Å². The average Bonchev–Trinajstić information content (AvgIpc) is 3.05. The van der Waals surface area contributed by atoms with E-state index in [2.05, 4.69) is 5.32 Å². The number of unbranched alkanes of at least 4 members (excludes halogenated alkanes) is 2. The van der Waals surface area contributed by atoms with E-state index >= 15 is 0 Å². The second-order valence-corrected chi connectivity index (χ2v) is 6.90. The highest BCUT2D eigenvalue weighted by atomic mass is 16.4. The molecule has 1 unspecified atom stereocenters. The summed E-state index contributed by atoms with van der Waals surface area (Å²) in [4.78, 5) is 37.1. The Balaban J connectivity index is 1.55. The Morgan fingerprint density at radius 3 is 2.67 bits per heavy atom. The van der Waals surface area contributed by atoms with Crippen molar-refractivity contribution in [3.05, 3.63) is 42.5 Å². The maximum Gasteiger partial charge on any atom is 0.303 e. The van der Waals surface area contributed by atoms with Crippen LogP contribution in [0.1, 0.15) is 32.1 Å². The van der Waals surface area contributed by atoms with Crippen LogP contribution in [0.4, 0.5) is 5.69 Å². The molecule has 0 spiro atoms. The smallest absolute Gasteiger partial charge is 0.303 e. The minimum atomic E-state index is -0.794. The summed E-state index contributed by atoms with van der Waals surface area (Å²) < 4.78 is 0. The molecule has 1 saturated heterocycles. The van der Waals surface area contributed by atoms with Gasteiger partial charge >= 0.3 is 5.97 Å². The Bertz CT molecular complexity index is 844. The number of fused-ring (bicyclic) bond motifs is 1. The first-order valence-corrected chi connectivity index (χ1v) is 9.34. The summed E-state index contributed by atoms with van der Waals surface area (Å²) in [5, 5.41) is 13.6. The number of hydrogen-bond acceptors (Lipinski definition) is 3. The van der Waals surface area contributed by atoms with Gasteiger partial charge in [0.2, 0.25) is 11.8 Å². The molecule has 27 heavy (non-hydrogen) atoms. The number of carboxylic acid groups (broad SMARTS) is 1. The Morgan fingerprint density at radius 2 is 1.85 bits per heavy atom. The molecule has 2 N–H and O–H groups in total. The molecule has 142 valence electrons. The van der Waals surface area contributed by atoms with E-state index in [1.165, 1.54) is 0 Å². The van der Waals surface area contributed by atoms with Crippen LogP contribution in [0.3, 0.4) is 0 Å². The zero-order valence-corrected chi connectivity index (χ0v) is 15.2. The van der Waals surface area contributed by atoms with Gasteiger partial charge in [-0.2, -0.15) is 0 Å². The topological polar surface area (TPSA) is 86.7 Å². The van der Waals surface area contributed by atoms with Crippen molar-refractivity contribution in [1.82, 2.24) is 5.32 Å². The molecule has 1 heterocycles. The number of hydrogen-bond donors (Lipinski definition) is 2. The lowest BCUT2D eigenvalue weighted by Gasteiger charge is -2.19. The standard InChI is InChI=1S/C21H24N2O4/c24-19-13-16(21(27)22-12-5-1-2-11-20(25)26)14-23(19)18-10-6-8-15-7-3-4-9-17(15)18/h3-4,6-10,16H,1-2,5,11-14H2,(H,22,27)(H,25,26). The lowest BCUT2D eigenvalue weighted by atomic mass is 10.1. The summed E-state index contributed by atoms with van der Waals surface area (Å²) in [7, 11) is 0. The van der Waals surface area contributed by atoms with E-state index in [1.807, 2.05) is 42.5 Å². The number of nitrogens with one attached hydrogen (secondary N) is 1. The Kier molecular flexibility index (Phi) is 6.06. The van der Waals surface area contributed by atoms with E-state index in [4.69, 9.17) is 5.11 Å². The van der Waals surface area contributed by atoms with Gasteiger partial charge in [0, 0.05) is 31.3 Å². The number of benzene rings is 2. The van der Waals surface area contributed by atoms with Crippen LogP contribution in [0.25, 0.3) is 10.8 Å². The number of rotatable bonds is 8. The van der Waals surface area contributed by atoms with E-state index in [0.29, 0.717) is 19.5 Å². The summed E-state index contributed by atoms with van der Waals surface area (Å²) in [5.74, 6) is -1.29. The van der Waals surface area contributed by atoms with E-state index < -0.39 is 5.97 Å². The molecule has 1 aliphatic rings. The van der Waals surface area contributed by atoms with Gasteiger partial charge in [0.1, 0.15) is 0 Å². The monoisotopic (exact) mass is 368 g/mol. The van der Waals surface area contributed by atoms with Crippen molar-refractivity contribution in [3.8, 4) is 0 Å². The number of carbonyl (C=O) groups excluding carboxylic acids is 2. The number of carboxylic acids is 1. The predicted molar refractivity (Wildman–Crippen MR) is 104 cm³/mol. The number of carbonyl (C=O) groups is 3.